The molecule has 1 aromatic carbocycles. The highest BCUT2D eigenvalue weighted by Gasteiger charge is 2.24. The molecule has 0 unspecified atom stereocenters. The molecule has 0 saturated carbocycles. The van der Waals surface area contributed by atoms with E-state index in [2.05, 4.69) is 15.2 Å². The van der Waals surface area contributed by atoms with E-state index in [4.69, 9.17) is 4.42 Å². The number of anilines is 2. The summed E-state index contributed by atoms with van der Waals surface area (Å²) >= 11 is 0. The number of benzene rings is 1. The third-order valence-electron chi connectivity index (χ3n) is 4.76. The van der Waals surface area contributed by atoms with Gasteiger partial charge in [-0.3, -0.25) is 14.6 Å². The molecule has 2 amide bonds. The summed E-state index contributed by atoms with van der Waals surface area (Å²) in [6, 6.07) is 12.8. The summed E-state index contributed by atoms with van der Waals surface area (Å²) < 4.78 is 18.9. The fourth-order valence-electron chi connectivity index (χ4n) is 3.21. The molecule has 2 aromatic heterocycles. The normalized spacial score (nSPS) is 14.0. The molecule has 148 valence electrons. The summed E-state index contributed by atoms with van der Waals surface area (Å²) in [7, 11) is 0. The first-order valence-corrected chi connectivity index (χ1v) is 9.21. The minimum Gasteiger partial charge on any atom is -0.459 e. The average Bonchev–Trinajstić information content (AvgIpc) is 3.30. The quantitative estimate of drug-likeness (QED) is 0.736. The van der Waals surface area contributed by atoms with E-state index >= 15 is 0 Å². The molecular formula is C21H19FN4O3. The lowest BCUT2D eigenvalue weighted by atomic mass is 10.2. The molecule has 29 heavy (non-hydrogen) atoms. The Hall–Kier alpha value is -3.68. The van der Waals surface area contributed by atoms with E-state index in [1.54, 1.807) is 41.4 Å². The molecule has 1 aliphatic rings. The molecule has 8 heteroatoms. The number of hydrogen-bond acceptors (Lipinski definition) is 5. The van der Waals surface area contributed by atoms with Crippen molar-refractivity contribution in [3.63, 3.8) is 0 Å². The number of rotatable bonds is 4. The molecule has 0 bridgehead atoms. The summed E-state index contributed by atoms with van der Waals surface area (Å²) in [5.74, 6) is -0.790. The number of aromatic nitrogens is 1. The van der Waals surface area contributed by atoms with Gasteiger partial charge in [0.2, 0.25) is 0 Å². The first-order valence-electron chi connectivity index (χ1n) is 9.21. The molecule has 0 radical (unpaired) electrons. The first-order chi connectivity index (χ1) is 14.1. The van der Waals surface area contributed by atoms with Gasteiger partial charge in [0, 0.05) is 38.1 Å². The summed E-state index contributed by atoms with van der Waals surface area (Å²) in [5, 5.41) is 2.54. The number of carbonyl (C=O) groups is 2. The van der Waals surface area contributed by atoms with Crippen LogP contribution in [0.2, 0.25) is 0 Å². The average molecular weight is 394 g/mol. The monoisotopic (exact) mass is 394 g/mol. The number of nitrogens with one attached hydrogen (secondary N) is 1. The fraction of sp³-hybridized carbons (Fsp3) is 0.190. The molecule has 3 aromatic rings. The lowest BCUT2D eigenvalue weighted by Gasteiger charge is -2.35. The Balaban J connectivity index is 1.41. The number of piperazine rings is 1. The van der Waals surface area contributed by atoms with E-state index in [1.165, 1.54) is 18.4 Å². The molecule has 0 aliphatic carbocycles. The van der Waals surface area contributed by atoms with E-state index in [0.717, 1.165) is 5.69 Å². The second kappa shape index (κ2) is 8.14. The zero-order valence-electron chi connectivity index (χ0n) is 15.5. The highest BCUT2D eigenvalue weighted by Crippen LogP contribution is 2.19. The second-order valence-electron chi connectivity index (χ2n) is 6.59. The van der Waals surface area contributed by atoms with Crippen LogP contribution in [0.25, 0.3) is 0 Å². The number of amides is 2. The predicted octanol–water partition coefficient (Wildman–Crippen LogP) is 3.03. The smallest absolute Gasteiger partial charge is 0.289 e. The van der Waals surface area contributed by atoms with E-state index in [1.807, 2.05) is 6.07 Å². The number of hydrogen-bond donors (Lipinski definition) is 1. The summed E-state index contributed by atoms with van der Waals surface area (Å²) in [5.41, 5.74) is 1.12. The lowest BCUT2D eigenvalue weighted by Crippen LogP contribution is -2.48. The third kappa shape index (κ3) is 4.11. The molecule has 1 N–H and O–H groups in total. The van der Waals surface area contributed by atoms with Crippen LogP contribution in [0.5, 0.6) is 0 Å². The van der Waals surface area contributed by atoms with Crippen molar-refractivity contribution >= 4 is 23.2 Å². The standard InChI is InChI=1S/C21H19FN4O3/c22-16-4-1-2-5-17(16)24-20(27)18-14-15(7-8-23-18)25-9-11-26(12-10-25)21(28)19-6-3-13-29-19/h1-8,13-14H,9-12H2,(H,24,27). The van der Waals surface area contributed by atoms with Crippen LogP contribution >= 0.6 is 0 Å². The maximum absolute atomic E-state index is 13.8. The molecule has 1 fully saturated rings. The van der Waals surface area contributed by atoms with Gasteiger partial charge in [-0.25, -0.2) is 4.39 Å². The zero-order valence-corrected chi connectivity index (χ0v) is 15.5. The number of para-hydroxylation sites is 1. The summed E-state index contributed by atoms with van der Waals surface area (Å²) in [4.78, 5) is 32.7. The van der Waals surface area contributed by atoms with Crippen molar-refractivity contribution in [1.82, 2.24) is 9.88 Å². The third-order valence-corrected chi connectivity index (χ3v) is 4.76. The maximum Gasteiger partial charge on any atom is 0.289 e. The van der Waals surface area contributed by atoms with Gasteiger partial charge in [-0.15, -0.1) is 0 Å². The fourth-order valence-corrected chi connectivity index (χ4v) is 3.21. The summed E-state index contributed by atoms with van der Waals surface area (Å²) in [6.07, 6.45) is 3.03. The largest absolute Gasteiger partial charge is 0.459 e. The van der Waals surface area contributed by atoms with Gasteiger partial charge in [0.15, 0.2) is 5.76 Å². The van der Waals surface area contributed by atoms with Gasteiger partial charge in [-0.1, -0.05) is 12.1 Å². The molecule has 0 spiro atoms. The molecule has 7 nitrogen and oxygen atoms in total. The highest BCUT2D eigenvalue weighted by atomic mass is 19.1. The zero-order chi connectivity index (χ0) is 20.2. The Labute approximate surface area is 166 Å². The Kier molecular flexibility index (Phi) is 5.24. The van der Waals surface area contributed by atoms with Gasteiger partial charge in [-0.05, 0) is 36.4 Å². The van der Waals surface area contributed by atoms with E-state index in [9.17, 15) is 14.0 Å². The van der Waals surface area contributed by atoms with Gasteiger partial charge in [-0.2, -0.15) is 0 Å². The van der Waals surface area contributed by atoms with Gasteiger partial charge in [0.05, 0.1) is 12.0 Å². The minimum absolute atomic E-state index is 0.106. The van der Waals surface area contributed by atoms with Gasteiger partial charge >= 0.3 is 0 Å². The maximum atomic E-state index is 13.8. The molecule has 1 aliphatic heterocycles. The topological polar surface area (TPSA) is 78.7 Å². The van der Waals surface area contributed by atoms with Crippen LogP contribution in [-0.2, 0) is 0 Å². The predicted molar refractivity (Wildman–Crippen MR) is 105 cm³/mol. The van der Waals surface area contributed by atoms with Crippen LogP contribution in [0.1, 0.15) is 21.0 Å². The van der Waals surface area contributed by atoms with Crippen molar-refractivity contribution < 1.29 is 18.4 Å². The SMILES string of the molecule is O=C(Nc1ccccc1F)c1cc(N2CCN(C(=O)c3ccco3)CC2)ccn1. The minimum atomic E-state index is -0.505. The Morgan fingerprint density at radius 3 is 2.55 bits per heavy atom. The van der Waals surface area contributed by atoms with Crippen molar-refractivity contribution in [1.29, 1.82) is 0 Å². The number of halogens is 1. The molecule has 1 saturated heterocycles. The van der Waals surface area contributed by atoms with Crippen molar-refractivity contribution in [3.8, 4) is 0 Å². The van der Waals surface area contributed by atoms with E-state index in [-0.39, 0.29) is 17.3 Å². The van der Waals surface area contributed by atoms with Crippen molar-refractivity contribution in [2.75, 3.05) is 36.4 Å². The van der Waals surface area contributed by atoms with Crippen LogP contribution in [0.4, 0.5) is 15.8 Å². The van der Waals surface area contributed by atoms with Crippen LogP contribution in [0, 0.1) is 5.82 Å². The Morgan fingerprint density at radius 2 is 1.83 bits per heavy atom. The molecular weight excluding hydrogens is 375 g/mol. The number of nitrogens with zero attached hydrogens (tertiary/aromatic N) is 3. The van der Waals surface area contributed by atoms with E-state index in [0.29, 0.717) is 31.9 Å². The van der Waals surface area contributed by atoms with Crippen molar-refractivity contribution in [2.45, 2.75) is 0 Å². The van der Waals surface area contributed by atoms with Gasteiger partial charge < -0.3 is 19.5 Å². The van der Waals surface area contributed by atoms with Crippen LogP contribution in [0.3, 0.4) is 0 Å². The molecule has 4 rings (SSSR count). The van der Waals surface area contributed by atoms with Crippen molar-refractivity contribution in [3.05, 3.63) is 78.3 Å². The lowest BCUT2D eigenvalue weighted by molar-refractivity contribution is 0.0714. The molecule has 3 heterocycles. The number of pyridine rings is 1. The first kappa shape index (κ1) is 18.7. The van der Waals surface area contributed by atoms with Crippen molar-refractivity contribution in [2.24, 2.45) is 0 Å². The van der Waals surface area contributed by atoms with Crippen LogP contribution in [-0.4, -0.2) is 47.9 Å². The van der Waals surface area contributed by atoms with Gasteiger partial charge in [0.1, 0.15) is 11.5 Å². The second-order valence-corrected chi connectivity index (χ2v) is 6.59. The Morgan fingerprint density at radius 1 is 1.03 bits per heavy atom. The summed E-state index contributed by atoms with van der Waals surface area (Å²) in [6.45, 7) is 2.31. The Bertz CT molecular complexity index is 1010. The van der Waals surface area contributed by atoms with E-state index < -0.39 is 11.7 Å². The van der Waals surface area contributed by atoms with Gasteiger partial charge in [0.25, 0.3) is 11.8 Å². The van der Waals surface area contributed by atoms with Crippen LogP contribution < -0.4 is 10.2 Å². The number of carbonyl (C=O) groups excluding carboxylic acids is 2. The molecule has 0 atom stereocenters. The number of furan rings is 1. The van der Waals surface area contributed by atoms with Crippen LogP contribution in [0.15, 0.2) is 65.4 Å². The highest BCUT2D eigenvalue weighted by molar-refractivity contribution is 6.03.